The third-order valence-corrected chi connectivity index (χ3v) is 6.14. The molecule has 0 amide bonds. The van der Waals surface area contributed by atoms with Gasteiger partial charge in [0.05, 0.1) is 49.0 Å². The Hall–Kier alpha value is -4.17. The van der Waals surface area contributed by atoms with Crippen molar-refractivity contribution < 1.29 is 28.6 Å². The maximum atomic E-state index is 13.4. The molecule has 8 heteroatoms. The van der Waals surface area contributed by atoms with Crippen molar-refractivity contribution in [3.63, 3.8) is 0 Å². The molecule has 0 fully saturated rings. The Kier molecular flexibility index (Phi) is 6.57. The molecule has 4 rings (SSSR count). The van der Waals surface area contributed by atoms with Crippen LogP contribution in [-0.2, 0) is 19.1 Å². The molecule has 35 heavy (non-hydrogen) atoms. The lowest BCUT2D eigenvalue weighted by molar-refractivity contribution is -0.137. The molecule has 2 aromatic carbocycles. The fourth-order valence-corrected chi connectivity index (χ4v) is 4.49. The second-order valence-corrected chi connectivity index (χ2v) is 8.11. The molecule has 8 nitrogen and oxygen atoms in total. The van der Waals surface area contributed by atoms with E-state index in [4.69, 9.17) is 13.9 Å². The highest BCUT2D eigenvalue weighted by molar-refractivity contribution is 6.01. The van der Waals surface area contributed by atoms with Crippen molar-refractivity contribution in [1.82, 2.24) is 5.32 Å². The normalized spacial score (nSPS) is 15.7. The first-order valence-corrected chi connectivity index (χ1v) is 10.9. The summed E-state index contributed by atoms with van der Waals surface area (Å²) in [6, 6.07) is 14.2. The largest absolute Gasteiger partial charge is 0.466 e. The van der Waals surface area contributed by atoms with E-state index in [-0.39, 0.29) is 27.9 Å². The first-order chi connectivity index (χ1) is 16.8. The van der Waals surface area contributed by atoms with Crippen LogP contribution in [-0.4, -0.2) is 37.9 Å². The summed E-state index contributed by atoms with van der Waals surface area (Å²) in [5, 5.41) is 13.2. The van der Waals surface area contributed by atoms with Crippen LogP contribution in [0.15, 0.2) is 80.3 Å². The number of ether oxygens (including phenoxy) is 2. The molecule has 1 aromatic heterocycles. The summed E-state index contributed by atoms with van der Waals surface area (Å²) in [6.07, 6.45) is 0. The van der Waals surface area contributed by atoms with E-state index in [1.807, 2.05) is 30.3 Å². The second kappa shape index (κ2) is 9.60. The van der Waals surface area contributed by atoms with Gasteiger partial charge < -0.3 is 24.3 Å². The molecule has 0 saturated heterocycles. The predicted molar refractivity (Wildman–Crippen MR) is 129 cm³/mol. The standard InChI is InChI=1S/C27H25NO7/c1-14-23(30)18-12-8-11-17(25(18)35-24(14)16-9-6-5-7-10-16)21-20(26(31)33-3)15(2)28-19(13-29)22(21)27(32)34-4/h5-12,21,28-29H,13H2,1-4H3. The maximum absolute atomic E-state index is 13.4. The molecule has 1 aliphatic rings. The molecule has 0 aliphatic carbocycles. The number of allylic oxidation sites excluding steroid dienone is 1. The molecule has 2 heterocycles. The third kappa shape index (κ3) is 4.02. The number of benzene rings is 2. The highest BCUT2D eigenvalue weighted by atomic mass is 16.5. The van der Waals surface area contributed by atoms with Crippen LogP contribution < -0.4 is 10.7 Å². The van der Waals surface area contributed by atoms with Gasteiger partial charge in [-0.25, -0.2) is 9.59 Å². The molecule has 1 unspecified atom stereocenters. The summed E-state index contributed by atoms with van der Waals surface area (Å²) in [6.45, 7) is 2.83. The molecule has 0 saturated carbocycles. The highest BCUT2D eigenvalue weighted by Gasteiger charge is 2.40. The van der Waals surface area contributed by atoms with Gasteiger partial charge in [-0.2, -0.15) is 0 Å². The maximum Gasteiger partial charge on any atom is 0.336 e. The molecule has 0 radical (unpaired) electrons. The monoisotopic (exact) mass is 475 g/mol. The lowest BCUT2D eigenvalue weighted by atomic mass is 9.79. The lowest BCUT2D eigenvalue weighted by Gasteiger charge is -2.30. The van der Waals surface area contributed by atoms with Crippen molar-refractivity contribution in [3.8, 4) is 11.3 Å². The molecular weight excluding hydrogens is 450 g/mol. The molecule has 1 atom stereocenters. The molecule has 0 spiro atoms. The van der Waals surface area contributed by atoms with Gasteiger partial charge in [0.1, 0.15) is 11.3 Å². The third-order valence-electron chi connectivity index (χ3n) is 6.14. The van der Waals surface area contributed by atoms with Crippen LogP contribution in [0.1, 0.15) is 24.0 Å². The number of carbonyl (C=O) groups excluding carboxylic acids is 2. The van der Waals surface area contributed by atoms with Crippen molar-refractivity contribution in [2.75, 3.05) is 20.8 Å². The first-order valence-electron chi connectivity index (χ1n) is 10.9. The molecular formula is C27H25NO7. The van der Waals surface area contributed by atoms with Crippen molar-refractivity contribution >= 4 is 22.9 Å². The number of fused-ring (bicyclic) bond motifs is 1. The second-order valence-electron chi connectivity index (χ2n) is 8.11. The SMILES string of the molecule is COC(=O)C1=C(C)NC(CO)=C(C(=O)OC)C1c1cccc2c(=O)c(C)c(-c3ccccc3)oc12. The highest BCUT2D eigenvalue weighted by Crippen LogP contribution is 2.42. The zero-order valence-electron chi connectivity index (χ0n) is 19.8. The number of hydrogen-bond acceptors (Lipinski definition) is 8. The van der Waals surface area contributed by atoms with Gasteiger partial charge in [-0.15, -0.1) is 0 Å². The number of nitrogens with one attached hydrogen (secondary N) is 1. The summed E-state index contributed by atoms with van der Waals surface area (Å²) in [5.41, 5.74) is 2.28. The van der Waals surface area contributed by atoms with E-state index in [1.165, 1.54) is 14.2 Å². The Bertz CT molecular complexity index is 1450. The summed E-state index contributed by atoms with van der Waals surface area (Å²) < 4.78 is 16.4. The van der Waals surface area contributed by atoms with Crippen LogP contribution >= 0.6 is 0 Å². The van der Waals surface area contributed by atoms with Gasteiger partial charge in [-0.1, -0.05) is 42.5 Å². The minimum atomic E-state index is -1.02. The topological polar surface area (TPSA) is 115 Å². The van der Waals surface area contributed by atoms with E-state index in [0.29, 0.717) is 33.5 Å². The van der Waals surface area contributed by atoms with Crippen LogP contribution in [0.2, 0.25) is 0 Å². The average Bonchev–Trinajstić information content (AvgIpc) is 2.89. The Morgan fingerprint density at radius 3 is 2.26 bits per heavy atom. The smallest absolute Gasteiger partial charge is 0.336 e. The Balaban J connectivity index is 2.11. The van der Waals surface area contributed by atoms with Crippen LogP contribution in [0.25, 0.3) is 22.3 Å². The van der Waals surface area contributed by atoms with Gasteiger partial charge in [-0.05, 0) is 19.9 Å². The van der Waals surface area contributed by atoms with Gasteiger partial charge >= 0.3 is 11.9 Å². The fraction of sp³-hybridized carbons (Fsp3) is 0.222. The average molecular weight is 475 g/mol. The van der Waals surface area contributed by atoms with E-state index < -0.39 is 24.5 Å². The summed E-state index contributed by atoms with van der Waals surface area (Å²) >= 11 is 0. The number of para-hydroxylation sites is 1. The number of aliphatic hydroxyl groups is 1. The number of hydrogen-bond donors (Lipinski definition) is 2. The number of dihydropyridines is 1. The quantitative estimate of drug-likeness (QED) is 0.540. The summed E-state index contributed by atoms with van der Waals surface area (Å²) in [5.74, 6) is -2.05. The first kappa shape index (κ1) is 24.0. The number of methoxy groups -OCH3 is 2. The van der Waals surface area contributed by atoms with E-state index in [9.17, 15) is 19.5 Å². The number of esters is 2. The van der Waals surface area contributed by atoms with Gasteiger partial charge in [-0.3, -0.25) is 4.79 Å². The lowest BCUT2D eigenvalue weighted by Crippen LogP contribution is -2.34. The van der Waals surface area contributed by atoms with Crippen molar-refractivity contribution in [2.45, 2.75) is 19.8 Å². The number of carbonyl (C=O) groups is 2. The Morgan fingerprint density at radius 2 is 1.63 bits per heavy atom. The molecule has 3 aromatic rings. The van der Waals surface area contributed by atoms with E-state index in [0.717, 1.165) is 0 Å². The molecule has 0 bridgehead atoms. The zero-order chi connectivity index (χ0) is 25.3. The molecule has 180 valence electrons. The van der Waals surface area contributed by atoms with Crippen LogP contribution in [0, 0.1) is 6.92 Å². The van der Waals surface area contributed by atoms with Gasteiger partial charge in [0.15, 0.2) is 5.43 Å². The minimum Gasteiger partial charge on any atom is -0.466 e. The number of aliphatic hydroxyl groups excluding tert-OH is 1. The summed E-state index contributed by atoms with van der Waals surface area (Å²) in [4.78, 5) is 39.2. The van der Waals surface area contributed by atoms with E-state index in [1.54, 1.807) is 32.0 Å². The fourth-order valence-electron chi connectivity index (χ4n) is 4.49. The van der Waals surface area contributed by atoms with Crippen LogP contribution in [0.4, 0.5) is 0 Å². The molecule has 1 aliphatic heterocycles. The minimum absolute atomic E-state index is 0.0259. The van der Waals surface area contributed by atoms with Crippen molar-refractivity contribution in [3.05, 3.63) is 92.4 Å². The van der Waals surface area contributed by atoms with E-state index in [2.05, 4.69) is 5.32 Å². The van der Waals surface area contributed by atoms with Crippen LogP contribution in [0.5, 0.6) is 0 Å². The predicted octanol–water partition coefficient (Wildman–Crippen LogP) is 3.32. The molecule has 2 N–H and O–H groups in total. The van der Waals surface area contributed by atoms with Gasteiger partial charge in [0.2, 0.25) is 0 Å². The van der Waals surface area contributed by atoms with Gasteiger partial charge in [0, 0.05) is 22.4 Å². The van der Waals surface area contributed by atoms with Gasteiger partial charge in [0.25, 0.3) is 0 Å². The van der Waals surface area contributed by atoms with Crippen molar-refractivity contribution in [2.24, 2.45) is 0 Å². The van der Waals surface area contributed by atoms with Crippen LogP contribution in [0.3, 0.4) is 0 Å². The van der Waals surface area contributed by atoms with Crippen molar-refractivity contribution in [1.29, 1.82) is 0 Å². The van der Waals surface area contributed by atoms with E-state index >= 15 is 0 Å². The summed E-state index contributed by atoms with van der Waals surface area (Å²) in [7, 11) is 2.45. The Labute approximate surface area is 201 Å². The zero-order valence-corrected chi connectivity index (χ0v) is 19.8. The Morgan fingerprint density at radius 1 is 0.971 bits per heavy atom. The number of rotatable bonds is 5.